The van der Waals surface area contributed by atoms with Crippen LogP contribution >= 0.6 is 0 Å². The molecule has 1 aromatic heterocycles. The summed E-state index contributed by atoms with van der Waals surface area (Å²) in [6.07, 6.45) is 4.20. The molecule has 7 heteroatoms. The number of aryl methyl sites for hydroxylation is 1. The number of carbonyl (C=O) groups is 3. The summed E-state index contributed by atoms with van der Waals surface area (Å²) >= 11 is 0. The van der Waals surface area contributed by atoms with Gasteiger partial charge in [-0.15, -0.1) is 0 Å². The molecule has 1 aliphatic heterocycles. The van der Waals surface area contributed by atoms with Gasteiger partial charge in [-0.3, -0.25) is 24.0 Å². The SMILES string of the molecule is CCCCC(C=O)c1ccc2c(c1)n(C)c(=O)n2C1CCC(=O)NC1=O. The number of imidazole rings is 1. The van der Waals surface area contributed by atoms with E-state index in [9.17, 15) is 19.2 Å². The number of amides is 2. The maximum absolute atomic E-state index is 12.7. The molecule has 2 amide bonds. The number of benzene rings is 1. The lowest BCUT2D eigenvalue weighted by molar-refractivity contribution is -0.135. The van der Waals surface area contributed by atoms with Crippen molar-refractivity contribution in [3.05, 3.63) is 34.2 Å². The average Bonchev–Trinajstić information content (AvgIpc) is 2.87. The Morgan fingerprint density at radius 2 is 2.04 bits per heavy atom. The largest absolute Gasteiger partial charge is 0.329 e. The highest BCUT2D eigenvalue weighted by Crippen LogP contribution is 2.27. The highest BCUT2D eigenvalue weighted by molar-refractivity contribution is 6.00. The number of hydrogen-bond acceptors (Lipinski definition) is 4. The molecule has 138 valence electrons. The lowest BCUT2D eigenvalue weighted by Gasteiger charge is -2.22. The summed E-state index contributed by atoms with van der Waals surface area (Å²) in [6, 6.07) is 4.79. The van der Waals surface area contributed by atoms with Gasteiger partial charge in [0.25, 0.3) is 0 Å². The molecule has 3 rings (SSSR count). The lowest BCUT2D eigenvalue weighted by Crippen LogP contribution is -2.44. The van der Waals surface area contributed by atoms with Gasteiger partial charge in [-0.25, -0.2) is 4.79 Å². The third-order valence-corrected chi connectivity index (χ3v) is 5.10. The zero-order valence-electron chi connectivity index (χ0n) is 15.0. The van der Waals surface area contributed by atoms with Crippen LogP contribution < -0.4 is 11.0 Å². The third kappa shape index (κ3) is 3.09. The summed E-state index contributed by atoms with van der Waals surface area (Å²) in [7, 11) is 1.65. The van der Waals surface area contributed by atoms with Crippen LogP contribution in [0.2, 0.25) is 0 Å². The summed E-state index contributed by atoms with van der Waals surface area (Å²) in [5.41, 5.74) is 1.89. The summed E-state index contributed by atoms with van der Waals surface area (Å²) in [5.74, 6) is -0.964. The van der Waals surface area contributed by atoms with Gasteiger partial charge in [-0.2, -0.15) is 0 Å². The van der Waals surface area contributed by atoms with Crippen molar-refractivity contribution in [2.75, 3.05) is 0 Å². The van der Waals surface area contributed by atoms with E-state index in [2.05, 4.69) is 12.2 Å². The summed E-state index contributed by atoms with van der Waals surface area (Å²) in [5, 5.41) is 2.30. The average molecular weight is 357 g/mol. The van der Waals surface area contributed by atoms with Gasteiger partial charge in [0.15, 0.2) is 0 Å². The number of piperidine rings is 1. The fraction of sp³-hybridized carbons (Fsp3) is 0.474. The highest BCUT2D eigenvalue weighted by atomic mass is 16.2. The van der Waals surface area contributed by atoms with Gasteiger partial charge >= 0.3 is 5.69 Å². The highest BCUT2D eigenvalue weighted by Gasteiger charge is 2.31. The number of unbranched alkanes of at least 4 members (excludes halogenated alkanes) is 1. The number of carbonyl (C=O) groups excluding carboxylic acids is 3. The minimum Gasteiger partial charge on any atom is -0.303 e. The molecule has 0 saturated carbocycles. The molecule has 0 bridgehead atoms. The van der Waals surface area contributed by atoms with Gasteiger partial charge in [-0.1, -0.05) is 25.8 Å². The second-order valence-corrected chi connectivity index (χ2v) is 6.81. The second-order valence-electron chi connectivity index (χ2n) is 6.81. The molecule has 7 nitrogen and oxygen atoms in total. The Morgan fingerprint density at radius 3 is 2.69 bits per heavy atom. The molecule has 2 unspecified atom stereocenters. The Kier molecular flexibility index (Phi) is 5.06. The van der Waals surface area contributed by atoms with Gasteiger partial charge in [0.2, 0.25) is 11.8 Å². The molecule has 2 atom stereocenters. The van der Waals surface area contributed by atoms with Crippen molar-refractivity contribution in [3.8, 4) is 0 Å². The number of fused-ring (bicyclic) bond motifs is 1. The Hall–Kier alpha value is -2.70. The first-order valence-corrected chi connectivity index (χ1v) is 8.97. The van der Waals surface area contributed by atoms with Crippen LogP contribution in [0.4, 0.5) is 0 Å². The van der Waals surface area contributed by atoms with Crippen molar-refractivity contribution in [1.29, 1.82) is 0 Å². The number of hydrogen-bond donors (Lipinski definition) is 1. The smallest absolute Gasteiger partial charge is 0.303 e. The number of aldehydes is 1. The quantitative estimate of drug-likeness (QED) is 0.630. The van der Waals surface area contributed by atoms with Gasteiger partial charge < -0.3 is 4.79 Å². The van der Waals surface area contributed by atoms with E-state index in [1.165, 1.54) is 9.13 Å². The maximum atomic E-state index is 12.7. The molecule has 2 aromatic rings. The normalized spacial score (nSPS) is 18.8. The van der Waals surface area contributed by atoms with Crippen molar-refractivity contribution in [1.82, 2.24) is 14.5 Å². The van der Waals surface area contributed by atoms with Gasteiger partial charge in [0, 0.05) is 19.4 Å². The van der Waals surface area contributed by atoms with Crippen LogP contribution in [0.1, 0.15) is 56.6 Å². The number of nitrogens with one attached hydrogen (secondary N) is 1. The maximum Gasteiger partial charge on any atom is 0.329 e. The zero-order valence-corrected chi connectivity index (χ0v) is 15.0. The Bertz CT molecular complexity index is 925. The van der Waals surface area contributed by atoms with E-state index in [4.69, 9.17) is 0 Å². The van der Waals surface area contributed by atoms with Crippen LogP contribution in [-0.2, 0) is 21.4 Å². The number of rotatable bonds is 6. The predicted molar refractivity (Wildman–Crippen MR) is 96.9 cm³/mol. The molecule has 2 heterocycles. The monoisotopic (exact) mass is 357 g/mol. The molecular formula is C19H23N3O4. The van der Waals surface area contributed by atoms with E-state index in [1.807, 2.05) is 12.1 Å². The van der Waals surface area contributed by atoms with E-state index in [0.29, 0.717) is 17.5 Å². The predicted octanol–water partition coefficient (Wildman–Crippen LogP) is 1.79. The number of nitrogens with zero attached hydrogens (tertiary/aromatic N) is 2. The summed E-state index contributed by atoms with van der Waals surface area (Å²) in [4.78, 5) is 47.8. The molecule has 0 radical (unpaired) electrons. The first kappa shape index (κ1) is 18.1. The van der Waals surface area contributed by atoms with Crippen molar-refractivity contribution >= 4 is 29.1 Å². The van der Waals surface area contributed by atoms with Crippen molar-refractivity contribution < 1.29 is 14.4 Å². The molecule has 1 N–H and O–H groups in total. The Morgan fingerprint density at radius 1 is 1.27 bits per heavy atom. The van der Waals surface area contributed by atoms with Crippen molar-refractivity contribution in [2.24, 2.45) is 7.05 Å². The van der Waals surface area contributed by atoms with Crippen LogP contribution in [0.3, 0.4) is 0 Å². The van der Waals surface area contributed by atoms with Gasteiger partial charge in [0.1, 0.15) is 12.3 Å². The van der Waals surface area contributed by atoms with Crippen molar-refractivity contribution in [2.45, 2.75) is 51.0 Å². The van der Waals surface area contributed by atoms with Crippen LogP contribution in [0.5, 0.6) is 0 Å². The second kappa shape index (κ2) is 7.27. The fourth-order valence-corrected chi connectivity index (χ4v) is 3.58. The van der Waals surface area contributed by atoms with E-state index in [0.717, 1.165) is 31.1 Å². The topological polar surface area (TPSA) is 90.2 Å². The Balaban J connectivity index is 2.06. The minimum atomic E-state index is -0.697. The van der Waals surface area contributed by atoms with E-state index < -0.39 is 11.9 Å². The van der Waals surface area contributed by atoms with Crippen LogP contribution in [-0.4, -0.2) is 27.2 Å². The molecule has 0 spiro atoms. The third-order valence-electron chi connectivity index (χ3n) is 5.10. The fourth-order valence-electron chi connectivity index (χ4n) is 3.58. The lowest BCUT2D eigenvalue weighted by atomic mass is 9.94. The number of aromatic nitrogens is 2. The van der Waals surface area contributed by atoms with Gasteiger partial charge in [0.05, 0.1) is 11.0 Å². The van der Waals surface area contributed by atoms with E-state index in [1.54, 1.807) is 13.1 Å². The molecule has 1 fully saturated rings. The zero-order chi connectivity index (χ0) is 18.8. The molecule has 26 heavy (non-hydrogen) atoms. The van der Waals surface area contributed by atoms with Crippen LogP contribution in [0, 0.1) is 0 Å². The van der Waals surface area contributed by atoms with E-state index in [-0.39, 0.29) is 23.9 Å². The molecule has 1 aromatic carbocycles. The first-order valence-electron chi connectivity index (χ1n) is 8.97. The molecule has 0 aliphatic carbocycles. The summed E-state index contributed by atoms with van der Waals surface area (Å²) in [6.45, 7) is 2.08. The Labute approximate surface area is 151 Å². The molecule has 1 aliphatic rings. The van der Waals surface area contributed by atoms with Crippen molar-refractivity contribution in [3.63, 3.8) is 0 Å². The van der Waals surface area contributed by atoms with Gasteiger partial charge in [-0.05, 0) is 30.5 Å². The minimum absolute atomic E-state index is 0.201. The molecular weight excluding hydrogens is 334 g/mol. The van der Waals surface area contributed by atoms with Crippen LogP contribution in [0.15, 0.2) is 23.0 Å². The van der Waals surface area contributed by atoms with E-state index >= 15 is 0 Å². The molecule has 1 saturated heterocycles. The van der Waals surface area contributed by atoms with Crippen LogP contribution in [0.25, 0.3) is 11.0 Å². The summed E-state index contributed by atoms with van der Waals surface area (Å²) < 4.78 is 2.94. The standard InChI is InChI=1S/C19H23N3O4/c1-3-4-5-13(11-23)12-6-7-14-16(10-12)21(2)19(26)22(14)15-8-9-17(24)20-18(15)25/h6-7,10-11,13,15H,3-5,8-9H2,1-2H3,(H,20,24,25). The number of imide groups is 1. The first-order chi connectivity index (χ1) is 12.5.